The number of nitrogens with one attached hydrogen (secondary N) is 3. The molecule has 0 bridgehead atoms. The fourth-order valence-corrected chi connectivity index (χ4v) is 6.43. The van der Waals surface area contributed by atoms with Gasteiger partial charge in [0.2, 0.25) is 0 Å². The molecule has 1 aliphatic heterocycles. The van der Waals surface area contributed by atoms with E-state index >= 15 is 0 Å². The second-order valence-electron chi connectivity index (χ2n) is 10.3. The van der Waals surface area contributed by atoms with E-state index in [0.717, 1.165) is 9.13 Å². The summed E-state index contributed by atoms with van der Waals surface area (Å²) in [4.78, 5) is 49.2. The van der Waals surface area contributed by atoms with Gasteiger partial charge in [0.1, 0.15) is 12.4 Å². The molecule has 0 aliphatic carbocycles. The highest BCUT2D eigenvalue weighted by Gasteiger charge is 2.32. The number of ether oxygens (including phenoxy) is 5. The molecule has 0 saturated heterocycles. The molecule has 1 atom stereocenters. The van der Waals surface area contributed by atoms with E-state index in [0.29, 0.717) is 39.2 Å². The maximum Gasteiger partial charge on any atom is 0.338 e. The summed E-state index contributed by atoms with van der Waals surface area (Å²) in [6.45, 7) is 5.49. The van der Waals surface area contributed by atoms with Crippen LogP contribution in [0.4, 0.5) is 4.79 Å². The highest BCUT2D eigenvalue weighted by molar-refractivity contribution is 14.1. The first-order valence-electron chi connectivity index (χ1n) is 15.0. The van der Waals surface area contributed by atoms with Crippen LogP contribution >= 0.6 is 38.5 Å². The molecule has 3 amide bonds. The van der Waals surface area contributed by atoms with Crippen molar-refractivity contribution in [3.63, 3.8) is 0 Å². The summed E-state index contributed by atoms with van der Waals surface area (Å²) in [5, 5.41) is 9.36. The second-order valence-corrected chi connectivity index (χ2v) is 12.3. The lowest BCUT2D eigenvalue weighted by molar-refractivity contribution is -0.139. The molecular formula is C34H34BrIN4O9. The first-order chi connectivity index (χ1) is 23.5. The van der Waals surface area contributed by atoms with Gasteiger partial charge in [0, 0.05) is 5.70 Å². The number of halogens is 2. The maximum absolute atomic E-state index is 12.6. The lowest BCUT2D eigenvalue weighted by Gasteiger charge is -2.28. The maximum atomic E-state index is 12.6. The molecule has 0 fully saturated rings. The number of rotatable bonds is 14. The Balaban J connectivity index is 1.33. The third-order valence-electron chi connectivity index (χ3n) is 6.92. The Labute approximate surface area is 305 Å². The molecule has 258 valence electrons. The Morgan fingerprint density at radius 2 is 1.69 bits per heavy atom. The number of amides is 3. The minimum Gasteiger partial charge on any atom is -0.493 e. The van der Waals surface area contributed by atoms with Gasteiger partial charge in [0.15, 0.2) is 18.1 Å². The quantitative estimate of drug-likeness (QED) is 0.0819. The van der Waals surface area contributed by atoms with Crippen molar-refractivity contribution in [2.24, 2.45) is 5.10 Å². The van der Waals surface area contributed by atoms with Gasteiger partial charge in [-0.2, -0.15) is 5.10 Å². The molecule has 3 N–H and O–H groups in total. The van der Waals surface area contributed by atoms with Gasteiger partial charge >= 0.3 is 18.0 Å². The first kappa shape index (κ1) is 37.2. The van der Waals surface area contributed by atoms with Crippen LogP contribution < -0.4 is 30.3 Å². The number of methoxy groups -OCH3 is 1. The van der Waals surface area contributed by atoms with E-state index in [-0.39, 0.29) is 42.9 Å². The van der Waals surface area contributed by atoms with E-state index in [1.165, 1.54) is 13.3 Å². The van der Waals surface area contributed by atoms with Crippen LogP contribution in [-0.4, -0.2) is 57.0 Å². The largest absolute Gasteiger partial charge is 0.493 e. The van der Waals surface area contributed by atoms with Gasteiger partial charge in [-0.1, -0.05) is 18.2 Å². The van der Waals surface area contributed by atoms with Crippen LogP contribution in [0.2, 0.25) is 0 Å². The summed E-state index contributed by atoms with van der Waals surface area (Å²) in [5.74, 6) is -0.248. The van der Waals surface area contributed by atoms with Crippen LogP contribution in [0.5, 0.6) is 17.2 Å². The molecule has 49 heavy (non-hydrogen) atoms. The van der Waals surface area contributed by atoms with E-state index < -0.39 is 23.9 Å². The number of benzene rings is 3. The number of carbonyl (C=O) groups excluding carboxylic acids is 4. The minimum atomic E-state index is -0.784. The molecule has 0 radical (unpaired) electrons. The second kappa shape index (κ2) is 17.7. The summed E-state index contributed by atoms with van der Waals surface area (Å²) in [6, 6.07) is 14.3. The van der Waals surface area contributed by atoms with Gasteiger partial charge in [-0.25, -0.2) is 19.8 Å². The normalized spacial score (nSPS) is 14.1. The molecular weight excluding hydrogens is 815 g/mol. The van der Waals surface area contributed by atoms with Gasteiger partial charge in [-0.3, -0.25) is 4.79 Å². The summed E-state index contributed by atoms with van der Waals surface area (Å²) < 4.78 is 28.8. The number of urea groups is 1. The molecule has 15 heteroatoms. The van der Waals surface area contributed by atoms with Crippen molar-refractivity contribution in [2.45, 2.75) is 33.4 Å². The van der Waals surface area contributed by atoms with Crippen molar-refractivity contribution in [1.29, 1.82) is 0 Å². The van der Waals surface area contributed by atoms with Gasteiger partial charge < -0.3 is 34.3 Å². The summed E-state index contributed by atoms with van der Waals surface area (Å²) in [6.07, 6.45) is 1.49. The lowest BCUT2D eigenvalue weighted by atomic mass is 9.95. The first-order valence-corrected chi connectivity index (χ1v) is 16.9. The Kier molecular flexibility index (Phi) is 13.4. The zero-order valence-electron chi connectivity index (χ0n) is 27.1. The van der Waals surface area contributed by atoms with Crippen molar-refractivity contribution in [2.75, 3.05) is 26.9 Å². The van der Waals surface area contributed by atoms with Crippen LogP contribution in [-0.2, 0) is 25.7 Å². The van der Waals surface area contributed by atoms with E-state index in [1.54, 1.807) is 57.2 Å². The standard InChI is InChI=1S/C34H34BrIN4O9/c1-5-46-32(42)22-9-7-20(8-10-22)17-49-31-24(35)13-21(14-25(31)36)16-37-40-28(41)18-48-26-12-11-23(15-27(26)45-4)30-29(33(43)47-6-2)19(3)38-34(44)39-30/h7-16,30H,5-6,17-18H2,1-4H3,(H,40,41)(H2,38,39,44)/b37-16+/t30-/m1/s1. The number of carbonyl (C=O) groups is 4. The van der Waals surface area contributed by atoms with E-state index in [9.17, 15) is 19.2 Å². The van der Waals surface area contributed by atoms with Crippen LogP contribution in [0.25, 0.3) is 0 Å². The van der Waals surface area contributed by atoms with Crippen LogP contribution in [0.1, 0.15) is 53.9 Å². The molecule has 1 heterocycles. The van der Waals surface area contributed by atoms with Crippen LogP contribution in [0, 0.1) is 3.57 Å². The number of nitrogens with zero attached hydrogens (tertiary/aromatic N) is 1. The number of hydrazone groups is 1. The topological polar surface area (TPSA) is 163 Å². The SMILES string of the molecule is CCOC(=O)C1=C(C)NC(=O)N[C@@H]1c1ccc(OCC(=O)N/N=C/c2cc(Br)c(OCc3ccc(C(=O)OCC)cc3)c(I)c2)c(OC)c1. The number of hydrogen-bond acceptors (Lipinski definition) is 10. The Bertz CT molecular complexity index is 1760. The predicted octanol–water partition coefficient (Wildman–Crippen LogP) is 5.54. The smallest absolute Gasteiger partial charge is 0.338 e. The predicted molar refractivity (Wildman–Crippen MR) is 192 cm³/mol. The summed E-state index contributed by atoms with van der Waals surface area (Å²) >= 11 is 5.69. The van der Waals surface area contributed by atoms with Crippen LogP contribution in [0.15, 0.2) is 75.4 Å². The molecule has 0 unspecified atom stereocenters. The van der Waals surface area contributed by atoms with E-state index in [4.69, 9.17) is 23.7 Å². The van der Waals surface area contributed by atoms with Gasteiger partial charge in [-0.15, -0.1) is 0 Å². The van der Waals surface area contributed by atoms with E-state index in [1.807, 2.05) is 18.2 Å². The third-order valence-corrected chi connectivity index (χ3v) is 8.31. The minimum absolute atomic E-state index is 0.176. The summed E-state index contributed by atoms with van der Waals surface area (Å²) in [5.41, 5.74) is 5.69. The van der Waals surface area contributed by atoms with Crippen molar-refractivity contribution in [1.82, 2.24) is 16.1 Å². The zero-order chi connectivity index (χ0) is 35.5. The number of esters is 2. The molecule has 0 aromatic heterocycles. The third kappa shape index (κ3) is 9.95. The highest BCUT2D eigenvalue weighted by atomic mass is 127. The molecule has 0 spiro atoms. The average molecular weight is 849 g/mol. The van der Waals surface area contributed by atoms with Crippen molar-refractivity contribution in [3.05, 3.63) is 96.2 Å². The highest BCUT2D eigenvalue weighted by Crippen LogP contribution is 2.35. The van der Waals surface area contributed by atoms with Gasteiger partial charge in [0.05, 0.1) is 51.8 Å². The zero-order valence-corrected chi connectivity index (χ0v) is 30.8. The molecule has 3 aromatic carbocycles. The lowest BCUT2D eigenvalue weighted by Crippen LogP contribution is -2.45. The molecule has 13 nitrogen and oxygen atoms in total. The van der Waals surface area contributed by atoms with Gasteiger partial charge in [0.25, 0.3) is 5.91 Å². The summed E-state index contributed by atoms with van der Waals surface area (Å²) in [7, 11) is 1.44. The van der Waals surface area contributed by atoms with E-state index in [2.05, 4.69) is 59.7 Å². The Morgan fingerprint density at radius 1 is 0.980 bits per heavy atom. The number of allylic oxidation sites excluding steroid dienone is 1. The van der Waals surface area contributed by atoms with Crippen molar-refractivity contribution >= 4 is 68.6 Å². The number of hydrogen-bond donors (Lipinski definition) is 3. The van der Waals surface area contributed by atoms with Crippen molar-refractivity contribution < 1.29 is 42.9 Å². The van der Waals surface area contributed by atoms with Gasteiger partial charge in [-0.05, 0) is 112 Å². The fourth-order valence-electron chi connectivity index (χ4n) is 4.66. The van der Waals surface area contributed by atoms with Crippen LogP contribution in [0.3, 0.4) is 0 Å². The monoisotopic (exact) mass is 848 g/mol. The average Bonchev–Trinajstić information content (AvgIpc) is 3.07. The molecule has 3 aromatic rings. The molecule has 4 rings (SSSR count). The van der Waals surface area contributed by atoms with Crippen molar-refractivity contribution in [3.8, 4) is 17.2 Å². The fraction of sp³-hybridized carbons (Fsp3) is 0.265. The molecule has 1 aliphatic rings. The Hall–Kier alpha value is -4.64. The Morgan fingerprint density at radius 3 is 2.37 bits per heavy atom. The molecule has 0 saturated carbocycles.